The van der Waals surface area contributed by atoms with Gasteiger partial charge in [0.15, 0.2) is 0 Å². The third-order valence-electron chi connectivity index (χ3n) is 4.95. The molecule has 32 heavy (non-hydrogen) atoms. The lowest BCUT2D eigenvalue weighted by Crippen LogP contribution is -2.17. The summed E-state index contributed by atoms with van der Waals surface area (Å²) in [6.07, 6.45) is 1.63. The van der Waals surface area contributed by atoms with Crippen LogP contribution in [0.5, 0.6) is 5.75 Å². The standard InChI is InChI=1S/C25H22N4O3/c1-16(30)27-19-13-11-18(12-14-19)25(31)29-26-15-21-20-9-6-10-22(32-2)24(20)28-23(21)17-7-4-3-5-8-17/h3-15,28H,1-2H3,(H,27,30)(H,29,31)/b26-15-. The van der Waals surface area contributed by atoms with Crippen LogP contribution in [0.1, 0.15) is 22.8 Å². The molecule has 4 aromatic rings. The summed E-state index contributed by atoms with van der Waals surface area (Å²) in [5.74, 6) is 0.202. The summed E-state index contributed by atoms with van der Waals surface area (Å²) in [4.78, 5) is 27.0. The van der Waals surface area contributed by atoms with Crippen LogP contribution in [-0.2, 0) is 4.79 Å². The molecule has 160 valence electrons. The third kappa shape index (κ3) is 4.37. The highest BCUT2D eigenvalue weighted by Crippen LogP contribution is 2.33. The van der Waals surface area contributed by atoms with Crippen molar-refractivity contribution in [3.05, 3.63) is 83.9 Å². The van der Waals surface area contributed by atoms with Gasteiger partial charge in [-0.15, -0.1) is 0 Å². The Hall–Kier alpha value is -4.39. The van der Waals surface area contributed by atoms with Crippen LogP contribution < -0.4 is 15.5 Å². The van der Waals surface area contributed by atoms with Crippen molar-refractivity contribution in [2.45, 2.75) is 6.92 Å². The predicted molar refractivity (Wildman–Crippen MR) is 126 cm³/mol. The molecule has 4 rings (SSSR count). The molecular formula is C25H22N4O3. The van der Waals surface area contributed by atoms with Gasteiger partial charge in [0.2, 0.25) is 5.91 Å². The first-order valence-corrected chi connectivity index (χ1v) is 10.0. The van der Waals surface area contributed by atoms with E-state index in [0.29, 0.717) is 11.3 Å². The van der Waals surface area contributed by atoms with E-state index in [2.05, 4.69) is 20.8 Å². The lowest BCUT2D eigenvalue weighted by molar-refractivity contribution is -0.114. The van der Waals surface area contributed by atoms with Gasteiger partial charge in [-0.05, 0) is 35.9 Å². The number of benzene rings is 3. The molecule has 0 saturated carbocycles. The lowest BCUT2D eigenvalue weighted by atomic mass is 10.1. The number of para-hydroxylation sites is 1. The van der Waals surface area contributed by atoms with Gasteiger partial charge in [0.1, 0.15) is 5.75 Å². The SMILES string of the molecule is COc1cccc2c(/C=N\NC(=O)c3ccc(NC(C)=O)cc3)c(-c3ccccc3)[nH]c12. The topological polar surface area (TPSA) is 95.6 Å². The number of nitrogens with zero attached hydrogens (tertiary/aromatic N) is 1. The quantitative estimate of drug-likeness (QED) is 0.311. The zero-order valence-corrected chi connectivity index (χ0v) is 17.7. The number of aromatic amines is 1. The molecule has 0 saturated heterocycles. The van der Waals surface area contributed by atoms with Crippen LogP contribution in [0.3, 0.4) is 0 Å². The maximum atomic E-state index is 12.5. The number of aromatic nitrogens is 1. The summed E-state index contributed by atoms with van der Waals surface area (Å²) in [5, 5.41) is 7.80. The minimum Gasteiger partial charge on any atom is -0.495 e. The smallest absolute Gasteiger partial charge is 0.271 e. The van der Waals surface area contributed by atoms with Crippen molar-refractivity contribution in [2.24, 2.45) is 5.10 Å². The first-order chi connectivity index (χ1) is 15.6. The molecule has 0 aliphatic heterocycles. The van der Waals surface area contributed by atoms with Crippen LogP contribution in [0.25, 0.3) is 22.2 Å². The number of fused-ring (bicyclic) bond motifs is 1. The van der Waals surface area contributed by atoms with Crippen LogP contribution >= 0.6 is 0 Å². The number of carbonyl (C=O) groups is 2. The second-order valence-corrected chi connectivity index (χ2v) is 7.12. The highest BCUT2D eigenvalue weighted by molar-refractivity contribution is 6.08. The van der Waals surface area contributed by atoms with Gasteiger partial charge in [0.25, 0.3) is 5.91 Å². The zero-order chi connectivity index (χ0) is 22.5. The summed E-state index contributed by atoms with van der Waals surface area (Å²) in [5.41, 5.74) is 7.19. The molecule has 0 aliphatic rings. The minimum atomic E-state index is -0.352. The van der Waals surface area contributed by atoms with Gasteiger partial charge in [-0.3, -0.25) is 9.59 Å². The van der Waals surface area contributed by atoms with E-state index in [1.807, 2.05) is 48.5 Å². The van der Waals surface area contributed by atoms with Crippen LogP contribution in [-0.4, -0.2) is 30.1 Å². The monoisotopic (exact) mass is 426 g/mol. The van der Waals surface area contributed by atoms with Crippen molar-refractivity contribution in [1.82, 2.24) is 10.4 Å². The van der Waals surface area contributed by atoms with E-state index in [-0.39, 0.29) is 11.8 Å². The Labute approximate surface area is 185 Å². The number of carbonyl (C=O) groups excluding carboxylic acids is 2. The number of ether oxygens (including phenoxy) is 1. The molecule has 3 aromatic carbocycles. The first kappa shape index (κ1) is 20.9. The maximum absolute atomic E-state index is 12.5. The fourth-order valence-corrected chi connectivity index (χ4v) is 3.48. The normalized spacial score (nSPS) is 10.9. The molecule has 1 aromatic heterocycles. The zero-order valence-electron chi connectivity index (χ0n) is 17.7. The number of amides is 2. The van der Waals surface area contributed by atoms with Crippen molar-refractivity contribution in [1.29, 1.82) is 0 Å². The number of methoxy groups -OCH3 is 1. The molecule has 2 amide bonds. The molecule has 0 aliphatic carbocycles. The Morgan fingerprint density at radius 3 is 2.41 bits per heavy atom. The summed E-state index contributed by atoms with van der Waals surface area (Å²) < 4.78 is 5.49. The fraction of sp³-hybridized carbons (Fsp3) is 0.0800. The summed E-state index contributed by atoms with van der Waals surface area (Å²) in [7, 11) is 1.63. The number of hydrazone groups is 1. The van der Waals surface area contributed by atoms with E-state index in [4.69, 9.17) is 4.74 Å². The highest BCUT2D eigenvalue weighted by Gasteiger charge is 2.14. The van der Waals surface area contributed by atoms with E-state index < -0.39 is 0 Å². The summed E-state index contributed by atoms with van der Waals surface area (Å²) >= 11 is 0. The molecule has 1 heterocycles. The highest BCUT2D eigenvalue weighted by atomic mass is 16.5. The number of H-pyrrole nitrogens is 1. The van der Waals surface area contributed by atoms with Crippen LogP contribution in [0.2, 0.25) is 0 Å². The van der Waals surface area contributed by atoms with Crippen molar-refractivity contribution in [2.75, 3.05) is 12.4 Å². The van der Waals surface area contributed by atoms with E-state index in [0.717, 1.165) is 33.5 Å². The van der Waals surface area contributed by atoms with Crippen LogP contribution in [0.15, 0.2) is 77.9 Å². The molecule has 3 N–H and O–H groups in total. The number of rotatable bonds is 6. The Morgan fingerprint density at radius 1 is 0.969 bits per heavy atom. The van der Waals surface area contributed by atoms with Gasteiger partial charge < -0.3 is 15.0 Å². The summed E-state index contributed by atoms with van der Waals surface area (Å²) in [6.45, 7) is 1.43. The van der Waals surface area contributed by atoms with Crippen molar-refractivity contribution in [3.63, 3.8) is 0 Å². The lowest BCUT2D eigenvalue weighted by Gasteiger charge is -2.04. The molecule has 0 unspecified atom stereocenters. The Balaban J connectivity index is 1.62. The second kappa shape index (κ2) is 9.18. The van der Waals surface area contributed by atoms with Gasteiger partial charge in [-0.25, -0.2) is 5.43 Å². The van der Waals surface area contributed by atoms with Gasteiger partial charge in [0.05, 0.1) is 24.5 Å². The Kier molecular flexibility index (Phi) is 5.98. The van der Waals surface area contributed by atoms with Gasteiger partial charge in [-0.1, -0.05) is 42.5 Å². The van der Waals surface area contributed by atoms with E-state index in [9.17, 15) is 9.59 Å². The molecule has 0 bridgehead atoms. The Morgan fingerprint density at radius 2 is 1.72 bits per heavy atom. The first-order valence-electron chi connectivity index (χ1n) is 10.0. The van der Waals surface area contributed by atoms with E-state index >= 15 is 0 Å². The molecule has 0 atom stereocenters. The predicted octanol–water partition coefficient (Wildman–Crippen LogP) is 4.57. The van der Waals surface area contributed by atoms with Crippen molar-refractivity contribution < 1.29 is 14.3 Å². The molecule has 0 fully saturated rings. The van der Waals surface area contributed by atoms with E-state index in [1.54, 1.807) is 37.6 Å². The van der Waals surface area contributed by atoms with Gasteiger partial charge >= 0.3 is 0 Å². The number of hydrogen-bond donors (Lipinski definition) is 3. The van der Waals surface area contributed by atoms with E-state index in [1.165, 1.54) is 6.92 Å². The average Bonchev–Trinajstić information content (AvgIpc) is 3.18. The largest absolute Gasteiger partial charge is 0.495 e. The number of hydrogen-bond acceptors (Lipinski definition) is 4. The fourth-order valence-electron chi connectivity index (χ4n) is 3.48. The third-order valence-corrected chi connectivity index (χ3v) is 4.95. The van der Waals surface area contributed by atoms with Crippen molar-refractivity contribution in [3.8, 4) is 17.0 Å². The average molecular weight is 426 g/mol. The molecule has 7 heteroatoms. The second-order valence-electron chi connectivity index (χ2n) is 7.12. The molecular weight excluding hydrogens is 404 g/mol. The van der Waals surface area contributed by atoms with Gasteiger partial charge in [-0.2, -0.15) is 5.10 Å². The molecule has 7 nitrogen and oxygen atoms in total. The van der Waals surface area contributed by atoms with Gasteiger partial charge in [0, 0.05) is 29.1 Å². The summed E-state index contributed by atoms with van der Waals surface area (Å²) in [6, 6.07) is 22.3. The number of nitrogens with one attached hydrogen (secondary N) is 3. The van der Waals surface area contributed by atoms with Crippen LogP contribution in [0.4, 0.5) is 5.69 Å². The van der Waals surface area contributed by atoms with Crippen molar-refractivity contribution >= 4 is 34.6 Å². The Bertz CT molecular complexity index is 1290. The molecule has 0 radical (unpaired) electrons. The minimum absolute atomic E-state index is 0.170. The van der Waals surface area contributed by atoms with Crippen LogP contribution in [0, 0.1) is 0 Å². The maximum Gasteiger partial charge on any atom is 0.271 e. The number of anilines is 1. The molecule has 0 spiro atoms.